The Morgan fingerprint density at radius 1 is 1.57 bits per heavy atom. The summed E-state index contributed by atoms with van der Waals surface area (Å²) in [5.41, 5.74) is 1.06. The van der Waals surface area contributed by atoms with Gasteiger partial charge in [-0.1, -0.05) is 17.3 Å². The molecule has 2 rings (SSSR count). The van der Waals surface area contributed by atoms with Crippen molar-refractivity contribution in [2.45, 2.75) is 6.10 Å². The largest absolute Gasteiger partial charge is 0.484 e. The Kier molecular flexibility index (Phi) is 2.35. The summed E-state index contributed by atoms with van der Waals surface area (Å²) in [5, 5.41) is 2.87. The second kappa shape index (κ2) is 3.65. The van der Waals surface area contributed by atoms with Gasteiger partial charge in [0.05, 0.1) is 12.2 Å². The minimum Gasteiger partial charge on any atom is -0.484 e. The van der Waals surface area contributed by atoms with Gasteiger partial charge in [0.2, 0.25) is 0 Å². The number of fused-ring (bicyclic) bond motifs is 1. The molecule has 0 spiro atoms. The fourth-order valence-corrected chi connectivity index (χ4v) is 1.67. The van der Waals surface area contributed by atoms with Crippen molar-refractivity contribution in [3.63, 3.8) is 0 Å². The molecule has 0 fully saturated rings. The predicted molar refractivity (Wildman–Crippen MR) is 54.8 cm³/mol. The second-order valence-electron chi connectivity index (χ2n) is 3.40. The summed E-state index contributed by atoms with van der Waals surface area (Å²) in [5.74, 6) is 0.829. The van der Waals surface area contributed by atoms with Crippen LogP contribution >= 0.6 is 0 Å². The first kappa shape index (κ1) is 8.99. The van der Waals surface area contributed by atoms with Gasteiger partial charge in [-0.15, -0.1) is 0 Å². The lowest BCUT2D eigenvalue weighted by molar-refractivity contribution is 0.204. The predicted octanol–water partition coefficient (Wildman–Crippen LogP) is 1.65. The number of likely N-dealkylation sites (N-methyl/N-ethyl adjacent to an activating group) is 1. The van der Waals surface area contributed by atoms with Gasteiger partial charge in [0.1, 0.15) is 18.4 Å². The third-order valence-electron chi connectivity index (χ3n) is 2.33. The fourth-order valence-electron chi connectivity index (χ4n) is 1.67. The molecule has 0 saturated carbocycles. The number of anilines is 1. The Balaban J connectivity index is 2.24. The quantitative estimate of drug-likeness (QED) is 0.669. The average molecular weight is 192 g/mol. The molecular weight excluding hydrogens is 180 g/mol. The molecular formula is C10H12N2O2. The first-order chi connectivity index (χ1) is 6.81. The molecule has 1 heterocycles. The lowest BCUT2D eigenvalue weighted by Gasteiger charge is -2.32. The summed E-state index contributed by atoms with van der Waals surface area (Å²) in [6.45, 7) is 0.918. The zero-order valence-electron chi connectivity index (χ0n) is 8.01. The van der Waals surface area contributed by atoms with Crippen molar-refractivity contribution in [3.8, 4) is 5.75 Å². The van der Waals surface area contributed by atoms with Crippen LogP contribution in [0, 0.1) is 4.91 Å². The number of hydrogen-bond donors (Lipinski definition) is 0. The molecule has 0 N–H and O–H groups in total. The number of nitrogens with zero attached hydrogens (tertiary/aromatic N) is 2. The molecule has 1 aliphatic rings. The Hall–Kier alpha value is -1.58. The molecule has 0 aliphatic carbocycles. The minimum atomic E-state index is -0.118. The van der Waals surface area contributed by atoms with E-state index in [0.29, 0.717) is 6.54 Å². The molecule has 1 aliphatic heterocycles. The van der Waals surface area contributed by atoms with Crippen LogP contribution in [0.3, 0.4) is 0 Å². The van der Waals surface area contributed by atoms with Crippen LogP contribution in [0.1, 0.15) is 0 Å². The molecule has 74 valence electrons. The van der Waals surface area contributed by atoms with Crippen molar-refractivity contribution in [2.24, 2.45) is 5.18 Å². The Bertz CT molecular complexity index is 341. The topological polar surface area (TPSA) is 41.9 Å². The maximum atomic E-state index is 10.1. The van der Waals surface area contributed by atoms with Gasteiger partial charge in [0.25, 0.3) is 0 Å². The molecule has 0 aromatic heterocycles. The van der Waals surface area contributed by atoms with Crippen LogP contribution in [-0.4, -0.2) is 26.2 Å². The molecule has 1 atom stereocenters. The van der Waals surface area contributed by atoms with E-state index in [1.807, 2.05) is 31.3 Å². The maximum Gasteiger partial charge on any atom is 0.143 e. The molecule has 0 amide bonds. The second-order valence-corrected chi connectivity index (χ2v) is 3.40. The summed E-state index contributed by atoms with van der Waals surface area (Å²) in [7, 11) is 1.99. The van der Waals surface area contributed by atoms with Crippen LogP contribution in [-0.2, 0) is 0 Å². The Morgan fingerprint density at radius 2 is 2.36 bits per heavy atom. The SMILES string of the molecule is CN1CC(CN=O)Oc2ccccc21. The highest BCUT2D eigenvalue weighted by molar-refractivity contribution is 5.59. The fraction of sp³-hybridized carbons (Fsp3) is 0.400. The van der Waals surface area contributed by atoms with Crippen LogP contribution in [0.15, 0.2) is 29.4 Å². The molecule has 4 heteroatoms. The van der Waals surface area contributed by atoms with Gasteiger partial charge >= 0.3 is 0 Å². The number of hydrogen-bond acceptors (Lipinski definition) is 4. The van der Waals surface area contributed by atoms with Gasteiger partial charge in [0, 0.05) is 7.05 Å². The summed E-state index contributed by atoms with van der Waals surface area (Å²) in [4.78, 5) is 12.2. The van der Waals surface area contributed by atoms with Gasteiger partial charge in [-0.2, -0.15) is 4.91 Å². The molecule has 0 saturated heterocycles. The highest BCUT2D eigenvalue weighted by Crippen LogP contribution is 2.31. The lowest BCUT2D eigenvalue weighted by atomic mass is 10.2. The summed E-state index contributed by atoms with van der Waals surface area (Å²) in [6.07, 6.45) is -0.118. The molecule has 14 heavy (non-hydrogen) atoms. The number of nitroso groups, excluding NO2 is 1. The van der Waals surface area contributed by atoms with E-state index in [0.717, 1.165) is 11.4 Å². The monoisotopic (exact) mass is 192 g/mol. The van der Waals surface area contributed by atoms with E-state index in [9.17, 15) is 4.91 Å². The minimum absolute atomic E-state index is 0.118. The molecule has 0 radical (unpaired) electrons. The van der Waals surface area contributed by atoms with Crippen molar-refractivity contribution in [1.82, 2.24) is 0 Å². The van der Waals surface area contributed by atoms with Crippen LogP contribution in [0.25, 0.3) is 0 Å². The van der Waals surface area contributed by atoms with E-state index in [1.165, 1.54) is 0 Å². The van der Waals surface area contributed by atoms with Gasteiger partial charge in [-0.05, 0) is 12.1 Å². The van der Waals surface area contributed by atoms with E-state index in [4.69, 9.17) is 4.74 Å². The maximum absolute atomic E-state index is 10.1. The molecule has 0 bridgehead atoms. The van der Waals surface area contributed by atoms with E-state index in [2.05, 4.69) is 10.1 Å². The van der Waals surface area contributed by atoms with Gasteiger partial charge in [-0.25, -0.2) is 0 Å². The van der Waals surface area contributed by atoms with Crippen LogP contribution < -0.4 is 9.64 Å². The average Bonchev–Trinajstić information content (AvgIpc) is 2.18. The molecule has 1 aromatic carbocycles. The first-order valence-corrected chi connectivity index (χ1v) is 4.57. The van der Waals surface area contributed by atoms with E-state index in [1.54, 1.807) is 0 Å². The zero-order valence-corrected chi connectivity index (χ0v) is 8.01. The normalized spacial score (nSPS) is 19.8. The van der Waals surface area contributed by atoms with Crippen molar-refractivity contribution in [1.29, 1.82) is 0 Å². The Morgan fingerprint density at radius 3 is 3.14 bits per heavy atom. The third-order valence-corrected chi connectivity index (χ3v) is 2.33. The number of para-hydroxylation sites is 2. The van der Waals surface area contributed by atoms with Crippen molar-refractivity contribution < 1.29 is 4.74 Å². The third kappa shape index (κ3) is 1.55. The standard InChI is InChI=1S/C10H12N2O2/c1-12-7-8(6-11-13)14-10-5-3-2-4-9(10)12/h2-5,8H,6-7H2,1H3. The van der Waals surface area contributed by atoms with Crippen LogP contribution in [0.5, 0.6) is 5.75 Å². The first-order valence-electron chi connectivity index (χ1n) is 4.57. The lowest BCUT2D eigenvalue weighted by Crippen LogP contribution is -2.39. The summed E-state index contributed by atoms with van der Waals surface area (Å²) in [6, 6.07) is 7.79. The van der Waals surface area contributed by atoms with Gasteiger partial charge in [-0.3, -0.25) is 0 Å². The van der Waals surface area contributed by atoms with E-state index >= 15 is 0 Å². The van der Waals surface area contributed by atoms with Crippen molar-refractivity contribution in [2.75, 3.05) is 25.0 Å². The van der Waals surface area contributed by atoms with Crippen LogP contribution in [0.2, 0.25) is 0 Å². The highest BCUT2D eigenvalue weighted by atomic mass is 16.5. The summed E-state index contributed by atoms with van der Waals surface area (Å²) >= 11 is 0. The van der Waals surface area contributed by atoms with Crippen LogP contribution in [0.4, 0.5) is 5.69 Å². The smallest absolute Gasteiger partial charge is 0.143 e. The van der Waals surface area contributed by atoms with Crippen molar-refractivity contribution >= 4 is 5.69 Å². The number of rotatable bonds is 2. The Labute approximate surface area is 82.5 Å². The molecule has 4 nitrogen and oxygen atoms in total. The van der Waals surface area contributed by atoms with E-state index < -0.39 is 0 Å². The zero-order chi connectivity index (χ0) is 9.97. The van der Waals surface area contributed by atoms with Gasteiger partial charge < -0.3 is 9.64 Å². The van der Waals surface area contributed by atoms with Crippen molar-refractivity contribution in [3.05, 3.63) is 29.2 Å². The number of benzene rings is 1. The molecule has 1 unspecified atom stereocenters. The number of ether oxygens (including phenoxy) is 1. The highest BCUT2D eigenvalue weighted by Gasteiger charge is 2.22. The molecule has 1 aromatic rings. The van der Waals surface area contributed by atoms with E-state index in [-0.39, 0.29) is 12.6 Å². The van der Waals surface area contributed by atoms with Gasteiger partial charge in [0.15, 0.2) is 0 Å². The summed E-state index contributed by atoms with van der Waals surface area (Å²) < 4.78 is 5.61.